The molecule has 6 heteroatoms. The molecule has 1 fully saturated rings. The molecule has 1 aliphatic heterocycles. The first-order valence-electron chi connectivity index (χ1n) is 3.87. The SMILES string of the molecule is O=C(O)NNC1CCN(O)CC1. The van der Waals surface area contributed by atoms with Crippen LogP contribution in [0.15, 0.2) is 0 Å². The fourth-order valence-electron chi connectivity index (χ4n) is 1.17. The van der Waals surface area contributed by atoms with Gasteiger partial charge in [-0.3, -0.25) is 5.43 Å². The van der Waals surface area contributed by atoms with Gasteiger partial charge in [-0.15, -0.1) is 0 Å². The van der Waals surface area contributed by atoms with Crippen molar-refractivity contribution in [1.82, 2.24) is 15.9 Å². The second-order valence-electron chi connectivity index (χ2n) is 2.80. The molecule has 1 saturated heterocycles. The van der Waals surface area contributed by atoms with Gasteiger partial charge in [0.2, 0.25) is 0 Å². The van der Waals surface area contributed by atoms with Gasteiger partial charge in [-0.25, -0.2) is 10.2 Å². The van der Waals surface area contributed by atoms with E-state index in [1.54, 1.807) is 0 Å². The third-order valence-electron chi connectivity index (χ3n) is 1.85. The standard InChI is InChI=1S/C6H13N3O3/c10-6(11)8-7-5-1-3-9(12)4-2-5/h5,7-8,12H,1-4H2,(H,10,11). The Morgan fingerprint density at radius 2 is 2.00 bits per heavy atom. The number of piperidine rings is 1. The summed E-state index contributed by atoms with van der Waals surface area (Å²) < 4.78 is 0. The third kappa shape index (κ3) is 3.04. The highest BCUT2D eigenvalue weighted by atomic mass is 16.5. The summed E-state index contributed by atoms with van der Waals surface area (Å²) in [4.78, 5) is 10.1. The van der Waals surface area contributed by atoms with Crippen molar-refractivity contribution in [3.05, 3.63) is 0 Å². The summed E-state index contributed by atoms with van der Waals surface area (Å²) >= 11 is 0. The van der Waals surface area contributed by atoms with Crippen molar-refractivity contribution in [2.24, 2.45) is 0 Å². The van der Waals surface area contributed by atoms with E-state index >= 15 is 0 Å². The van der Waals surface area contributed by atoms with E-state index in [-0.39, 0.29) is 6.04 Å². The fraction of sp³-hybridized carbons (Fsp3) is 0.833. The number of hydroxylamine groups is 2. The number of amides is 1. The molecule has 12 heavy (non-hydrogen) atoms. The first-order valence-corrected chi connectivity index (χ1v) is 3.87. The lowest BCUT2D eigenvalue weighted by Gasteiger charge is -2.27. The van der Waals surface area contributed by atoms with E-state index in [9.17, 15) is 4.79 Å². The van der Waals surface area contributed by atoms with Gasteiger partial charge in [0.15, 0.2) is 0 Å². The van der Waals surface area contributed by atoms with Gasteiger partial charge >= 0.3 is 6.09 Å². The molecule has 1 amide bonds. The Kier molecular flexibility index (Phi) is 3.27. The van der Waals surface area contributed by atoms with Gasteiger partial charge in [-0.05, 0) is 12.8 Å². The Hall–Kier alpha value is -0.850. The number of hydrogen-bond donors (Lipinski definition) is 4. The van der Waals surface area contributed by atoms with Gasteiger partial charge < -0.3 is 10.3 Å². The summed E-state index contributed by atoms with van der Waals surface area (Å²) in [5.74, 6) is 0. The van der Waals surface area contributed by atoms with Crippen molar-refractivity contribution in [3.8, 4) is 0 Å². The molecule has 1 rings (SSSR count). The summed E-state index contributed by atoms with van der Waals surface area (Å²) in [6, 6.07) is 0.129. The normalized spacial score (nSPS) is 20.8. The molecule has 4 N–H and O–H groups in total. The Balaban J connectivity index is 2.13. The maximum absolute atomic E-state index is 10.1. The van der Waals surface area contributed by atoms with Crippen LogP contribution in [0.3, 0.4) is 0 Å². The second-order valence-corrected chi connectivity index (χ2v) is 2.80. The molecule has 0 saturated carbocycles. The van der Waals surface area contributed by atoms with Gasteiger partial charge in [0, 0.05) is 19.1 Å². The predicted molar refractivity (Wildman–Crippen MR) is 40.7 cm³/mol. The minimum atomic E-state index is -1.08. The number of rotatable bonds is 2. The quantitative estimate of drug-likeness (QED) is 0.430. The number of nitrogens with one attached hydrogen (secondary N) is 2. The van der Waals surface area contributed by atoms with E-state index < -0.39 is 6.09 Å². The number of carbonyl (C=O) groups is 1. The molecule has 0 unspecified atom stereocenters. The zero-order chi connectivity index (χ0) is 8.97. The number of carboxylic acid groups (broad SMARTS) is 1. The minimum absolute atomic E-state index is 0.129. The monoisotopic (exact) mass is 175 g/mol. The van der Waals surface area contributed by atoms with Crippen LogP contribution >= 0.6 is 0 Å². The van der Waals surface area contributed by atoms with Gasteiger partial charge in [0.1, 0.15) is 0 Å². The highest BCUT2D eigenvalue weighted by molar-refractivity contribution is 5.63. The van der Waals surface area contributed by atoms with Crippen molar-refractivity contribution in [2.45, 2.75) is 18.9 Å². The molecule has 0 atom stereocenters. The summed E-state index contributed by atoms with van der Waals surface area (Å²) in [6.45, 7) is 1.16. The molecule has 0 aromatic rings. The first-order chi connectivity index (χ1) is 5.68. The van der Waals surface area contributed by atoms with E-state index in [0.717, 1.165) is 12.8 Å². The number of nitrogens with zero attached hydrogens (tertiary/aromatic N) is 1. The molecule has 0 aromatic heterocycles. The van der Waals surface area contributed by atoms with Crippen LogP contribution in [0.4, 0.5) is 4.79 Å². The van der Waals surface area contributed by atoms with Crippen molar-refractivity contribution < 1.29 is 15.1 Å². The summed E-state index contributed by atoms with van der Waals surface area (Å²) in [5, 5.41) is 18.5. The predicted octanol–water partition coefficient (Wildman–Crippen LogP) is -0.388. The molecule has 0 aliphatic carbocycles. The van der Waals surface area contributed by atoms with Crippen molar-refractivity contribution >= 4 is 6.09 Å². The zero-order valence-corrected chi connectivity index (χ0v) is 6.66. The van der Waals surface area contributed by atoms with E-state index in [1.807, 2.05) is 0 Å². The van der Waals surface area contributed by atoms with Crippen LogP contribution in [0.5, 0.6) is 0 Å². The average molecular weight is 175 g/mol. The lowest BCUT2D eigenvalue weighted by Crippen LogP contribution is -2.48. The lowest BCUT2D eigenvalue weighted by atomic mass is 10.1. The molecular weight excluding hydrogens is 162 g/mol. The largest absolute Gasteiger partial charge is 0.464 e. The lowest BCUT2D eigenvalue weighted by molar-refractivity contribution is -0.108. The van der Waals surface area contributed by atoms with Gasteiger partial charge in [-0.1, -0.05) is 0 Å². The molecule has 0 aromatic carbocycles. The second kappa shape index (κ2) is 4.24. The average Bonchev–Trinajstić information content (AvgIpc) is 2.03. The smallest absolute Gasteiger partial charge is 0.419 e. The Morgan fingerprint density at radius 1 is 1.42 bits per heavy atom. The maximum Gasteiger partial charge on any atom is 0.419 e. The van der Waals surface area contributed by atoms with Gasteiger partial charge in [-0.2, -0.15) is 5.06 Å². The zero-order valence-electron chi connectivity index (χ0n) is 6.66. The van der Waals surface area contributed by atoms with Crippen molar-refractivity contribution in [1.29, 1.82) is 0 Å². The number of hydrogen-bond acceptors (Lipinski definition) is 4. The van der Waals surface area contributed by atoms with E-state index in [2.05, 4.69) is 10.9 Å². The Morgan fingerprint density at radius 3 is 2.50 bits per heavy atom. The highest BCUT2D eigenvalue weighted by Gasteiger charge is 2.17. The van der Waals surface area contributed by atoms with Crippen LogP contribution in [-0.2, 0) is 0 Å². The van der Waals surface area contributed by atoms with E-state index in [1.165, 1.54) is 5.06 Å². The van der Waals surface area contributed by atoms with E-state index in [0.29, 0.717) is 13.1 Å². The van der Waals surface area contributed by atoms with Crippen LogP contribution < -0.4 is 10.9 Å². The maximum atomic E-state index is 10.1. The first kappa shape index (κ1) is 9.24. The van der Waals surface area contributed by atoms with Gasteiger partial charge in [0.05, 0.1) is 0 Å². The fourth-order valence-corrected chi connectivity index (χ4v) is 1.17. The summed E-state index contributed by atoms with van der Waals surface area (Å²) in [7, 11) is 0. The highest BCUT2D eigenvalue weighted by Crippen LogP contribution is 2.06. The van der Waals surface area contributed by atoms with Crippen LogP contribution in [0.2, 0.25) is 0 Å². The molecule has 6 nitrogen and oxygen atoms in total. The topological polar surface area (TPSA) is 84.8 Å². The minimum Gasteiger partial charge on any atom is -0.464 e. The number of hydrazine groups is 1. The molecule has 0 radical (unpaired) electrons. The molecular formula is C6H13N3O3. The molecule has 70 valence electrons. The molecule has 0 spiro atoms. The third-order valence-corrected chi connectivity index (χ3v) is 1.85. The van der Waals surface area contributed by atoms with Crippen LogP contribution in [0.1, 0.15) is 12.8 Å². The Labute approximate surface area is 70.1 Å². The van der Waals surface area contributed by atoms with Crippen LogP contribution in [0, 0.1) is 0 Å². The van der Waals surface area contributed by atoms with Crippen LogP contribution in [0.25, 0.3) is 0 Å². The van der Waals surface area contributed by atoms with Crippen molar-refractivity contribution in [3.63, 3.8) is 0 Å². The molecule has 1 heterocycles. The van der Waals surface area contributed by atoms with Gasteiger partial charge in [0.25, 0.3) is 0 Å². The van der Waals surface area contributed by atoms with Crippen LogP contribution in [-0.4, -0.2) is 40.6 Å². The Bertz CT molecular complexity index is 156. The molecule has 1 aliphatic rings. The molecule has 0 bridgehead atoms. The summed E-state index contributed by atoms with van der Waals surface area (Å²) in [6.07, 6.45) is 0.412. The summed E-state index contributed by atoms with van der Waals surface area (Å²) in [5.41, 5.74) is 4.75. The van der Waals surface area contributed by atoms with E-state index in [4.69, 9.17) is 10.3 Å². The van der Waals surface area contributed by atoms with Crippen molar-refractivity contribution in [2.75, 3.05) is 13.1 Å².